The Kier molecular flexibility index (Phi) is 2.87. The Balaban J connectivity index is 2.30. The highest BCUT2D eigenvalue weighted by Gasteiger charge is 2.13. The second-order valence-corrected chi connectivity index (χ2v) is 4.07. The molecular weight excluding hydrogens is 199 g/mol. The molecule has 2 heteroatoms. The Morgan fingerprint density at radius 1 is 1.07 bits per heavy atom. The quantitative estimate of drug-likeness (QED) is 0.636. The summed E-state index contributed by atoms with van der Waals surface area (Å²) in [5.41, 5.74) is 1.62. The third-order valence-corrected chi connectivity index (χ3v) is 2.87. The van der Waals surface area contributed by atoms with Crippen molar-refractivity contribution in [2.45, 2.75) is 25.7 Å². The molecule has 1 aliphatic carbocycles. The maximum atomic E-state index is 13.8. The largest absolute Gasteiger partial charge is 0.206 e. The molecule has 0 spiro atoms. The number of rotatable bonds is 1. The minimum atomic E-state index is -0.0424. The molecule has 0 N–H and O–H groups in total. The number of halogens is 2. The van der Waals surface area contributed by atoms with E-state index in [1.807, 2.05) is 0 Å². The first-order valence-electron chi connectivity index (χ1n) is 4.91. The smallest absolute Gasteiger partial charge is 0.129 e. The van der Waals surface area contributed by atoms with E-state index in [2.05, 4.69) is 0 Å². The van der Waals surface area contributed by atoms with Gasteiger partial charge in [0.2, 0.25) is 0 Å². The van der Waals surface area contributed by atoms with Crippen molar-refractivity contribution in [2.75, 3.05) is 0 Å². The Labute approximate surface area is 88.4 Å². The van der Waals surface area contributed by atoms with Gasteiger partial charge in [-0.25, -0.2) is 4.39 Å². The minimum absolute atomic E-state index is 0.0424. The molecule has 0 amide bonds. The second-order valence-electron chi connectivity index (χ2n) is 3.63. The fraction of sp³-hybridized carbons (Fsp3) is 0.333. The Morgan fingerprint density at radius 3 is 2.21 bits per heavy atom. The van der Waals surface area contributed by atoms with Crippen LogP contribution in [0.3, 0.4) is 0 Å². The predicted octanol–water partition coefficient (Wildman–Crippen LogP) is 4.59. The molecule has 14 heavy (non-hydrogen) atoms. The Morgan fingerprint density at radius 2 is 1.64 bits per heavy atom. The number of benzene rings is 1. The van der Waals surface area contributed by atoms with Gasteiger partial charge in [-0.2, -0.15) is 0 Å². The molecule has 0 saturated heterocycles. The molecule has 1 fully saturated rings. The third kappa shape index (κ3) is 1.98. The van der Waals surface area contributed by atoms with E-state index in [4.69, 9.17) is 11.6 Å². The molecule has 74 valence electrons. The molecule has 0 aromatic heterocycles. The number of hydrogen-bond acceptors (Lipinski definition) is 0. The summed E-state index contributed by atoms with van der Waals surface area (Å²) in [6, 6.07) is 6.93. The summed E-state index contributed by atoms with van der Waals surface area (Å²) < 4.78 is 13.8. The molecule has 0 bridgehead atoms. The molecule has 0 atom stereocenters. The van der Waals surface area contributed by atoms with E-state index in [-0.39, 0.29) is 5.83 Å². The van der Waals surface area contributed by atoms with Crippen LogP contribution in [-0.4, -0.2) is 0 Å². The standard InChI is InChI=1S/C12H12ClF/c13-11-7-5-10(6-8-11)12(14)9-3-1-2-4-9/h5-8H,1-4H2. The van der Waals surface area contributed by atoms with Gasteiger partial charge in [-0.05, 0) is 43.4 Å². The van der Waals surface area contributed by atoms with Crippen molar-refractivity contribution < 1.29 is 4.39 Å². The predicted molar refractivity (Wildman–Crippen MR) is 57.9 cm³/mol. The first kappa shape index (κ1) is 9.72. The lowest BCUT2D eigenvalue weighted by Gasteiger charge is -2.02. The summed E-state index contributed by atoms with van der Waals surface area (Å²) in [4.78, 5) is 0. The van der Waals surface area contributed by atoms with Gasteiger partial charge < -0.3 is 0 Å². The highest BCUT2D eigenvalue weighted by molar-refractivity contribution is 6.30. The van der Waals surface area contributed by atoms with Crippen LogP contribution in [-0.2, 0) is 0 Å². The average Bonchev–Trinajstić information content (AvgIpc) is 2.71. The van der Waals surface area contributed by atoms with Gasteiger partial charge in [0.1, 0.15) is 5.83 Å². The average molecular weight is 211 g/mol. The molecule has 0 nitrogen and oxygen atoms in total. The van der Waals surface area contributed by atoms with Crippen LogP contribution in [0.25, 0.3) is 5.83 Å². The Bertz CT molecular complexity index is 343. The monoisotopic (exact) mass is 210 g/mol. The van der Waals surface area contributed by atoms with E-state index in [9.17, 15) is 4.39 Å². The van der Waals surface area contributed by atoms with Crippen LogP contribution in [0.5, 0.6) is 0 Å². The SMILES string of the molecule is FC(=C1CCCC1)c1ccc(Cl)cc1. The lowest BCUT2D eigenvalue weighted by molar-refractivity contribution is 0.742. The first-order chi connectivity index (χ1) is 6.77. The fourth-order valence-electron chi connectivity index (χ4n) is 1.82. The number of hydrogen-bond donors (Lipinski definition) is 0. The summed E-state index contributed by atoms with van der Waals surface area (Å²) in [6.45, 7) is 0. The summed E-state index contributed by atoms with van der Waals surface area (Å²) in [5, 5.41) is 0.651. The minimum Gasteiger partial charge on any atom is -0.206 e. The van der Waals surface area contributed by atoms with Gasteiger partial charge in [0.15, 0.2) is 0 Å². The topological polar surface area (TPSA) is 0 Å². The zero-order valence-corrected chi connectivity index (χ0v) is 8.65. The van der Waals surface area contributed by atoms with Gasteiger partial charge in [-0.3, -0.25) is 0 Å². The van der Waals surface area contributed by atoms with Crippen molar-refractivity contribution in [3.05, 3.63) is 40.4 Å². The first-order valence-corrected chi connectivity index (χ1v) is 5.28. The normalized spacial score (nSPS) is 16.0. The molecule has 1 aromatic carbocycles. The van der Waals surface area contributed by atoms with Crippen molar-refractivity contribution in [1.29, 1.82) is 0 Å². The molecule has 2 rings (SSSR count). The van der Waals surface area contributed by atoms with Gasteiger partial charge in [-0.15, -0.1) is 0 Å². The summed E-state index contributed by atoms with van der Waals surface area (Å²) >= 11 is 5.74. The van der Waals surface area contributed by atoms with Gasteiger partial charge in [0.25, 0.3) is 0 Å². The van der Waals surface area contributed by atoms with Crippen LogP contribution in [0.2, 0.25) is 5.02 Å². The summed E-state index contributed by atoms with van der Waals surface area (Å²) in [6.07, 6.45) is 4.07. The van der Waals surface area contributed by atoms with Gasteiger partial charge in [-0.1, -0.05) is 23.7 Å². The second kappa shape index (κ2) is 4.14. The molecule has 0 radical (unpaired) electrons. The molecular formula is C12H12ClF. The number of allylic oxidation sites excluding steroid dienone is 1. The van der Waals surface area contributed by atoms with Crippen molar-refractivity contribution in [1.82, 2.24) is 0 Å². The zero-order chi connectivity index (χ0) is 9.97. The van der Waals surface area contributed by atoms with Crippen molar-refractivity contribution >= 4 is 17.4 Å². The molecule has 0 unspecified atom stereocenters. The molecule has 0 aliphatic heterocycles. The lowest BCUT2D eigenvalue weighted by Crippen LogP contribution is -1.82. The van der Waals surface area contributed by atoms with E-state index in [1.54, 1.807) is 24.3 Å². The maximum absolute atomic E-state index is 13.8. The van der Waals surface area contributed by atoms with Gasteiger partial charge in [0, 0.05) is 10.6 Å². The highest BCUT2D eigenvalue weighted by Crippen LogP contribution is 2.32. The third-order valence-electron chi connectivity index (χ3n) is 2.62. The Hall–Kier alpha value is -0.820. The van der Waals surface area contributed by atoms with E-state index in [0.29, 0.717) is 10.6 Å². The van der Waals surface area contributed by atoms with E-state index >= 15 is 0 Å². The van der Waals surface area contributed by atoms with Crippen LogP contribution < -0.4 is 0 Å². The highest BCUT2D eigenvalue weighted by atomic mass is 35.5. The van der Waals surface area contributed by atoms with Crippen LogP contribution in [0.4, 0.5) is 4.39 Å². The van der Waals surface area contributed by atoms with Crippen LogP contribution >= 0.6 is 11.6 Å². The summed E-state index contributed by atoms with van der Waals surface area (Å²) in [7, 11) is 0. The van der Waals surface area contributed by atoms with Crippen LogP contribution in [0.1, 0.15) is 31.2 Å². The van der Waals surface area contributed by atoms with E-state index in [0.717, 1.165) is 31.3 Å². The molecule has 0 heterocycles. The van der Waals surface area contributed by atoms with Gasteiger partial charge in [0.05, 0.1) is 0 Å². The fourth-order valence-corrected chi connectivity index (χ4v) is 1.95. The van der Waals surface area contributed by atoms with Crippen LogP contribution in [0.15, 0.2) is 29.8 Å². The zero-order valence-electron chi connectivity index (χ0n) is 7.89. The van der Waals surface area contributed by atoms with E-state index < -0.39 is 0 Å². The van der Waals surface area contributed by atoms with Crippen molar-refractivity contribution in [3.8, 4) is 0 Å². The van der Waals surface area contributed by atoms with Gasteiger partial charge >= 0.3 is 0 Å². The van der Waals surface area contributed by atoms with Crippen molar-refractivity contribution in [2.24, 2.45) is 0 Å². The lowest BCUT2D eigenvalue weighted by atomic mass is 10.1. The molecule has 1 aliphatic rings. The molecule has 1 saturated carbocycles. The maximum Gasteiger partial charge on any atom is 0.129 e. The van der Waals surface area contributed by atoms with Crippen LogP contribution in [0, 0.1) is 0 Å². The molecule has 1 aromatic rings. The van der Waals surface area contributed by atoms with E-state index in [1.165, 1.54) is 0 Å². The van der Waals surface area contributed by atoms with Crippen molar-refractivity contribution in [3.63, 3.8) is 0 Å². The summed E-state index contributed by atoms with van der Waals surface area (Å²) in [5.74, 6) is -0.0424.